The van der Waals surface area contributed by atoms with Crippen LogP contribution in [0.5, 0.6) is 5.75 Å². The molecule has 3 aromatic rings. The molecule has 5 rings (SSSR count). The molecule has 2 N–H and O–H groups in total. The molecule has 0 aliphatic carbocycles. The molecular formula is C31H32FNO6S. The maximum Gasteiger partial charge on any atom is 0.341 e. The van der Waals surface area contributed by atoms with Crippen molar-refractivity contribution in [3.63, 3.8) is 0 Å². The minimum atomic E-state index is -1.21. The number of carboxylic acid groups (broad SMARTS) is 1. The van der Waals surface area contributed by atoms with E-state index in [1.165, 1.54) is 23.9 Å². The van der Waals surface area contributed by atoms with Gasteiger partial charge in [0.2, 0.25) is 11.7 Å². The Morgan fingerprint density at radius 3 is 2.25 bits per heavy atom. The molecule has 1 amide bonds. The minimum Gasteiger partial charge on any atom is -0.482 e. The third kappa shape index (κ3) is 5.87. The lowest BCUT2D eigenvalue weighted by molar-refractivity contribution is -0.309. The molecule has 210 valence electrons. The summed E-state index contributed by atoms with van der Waals surface area (Å²) in [6.07, 6.45) is 0. The number of carboxylic acids is 1. The molecule has 9 heteroatoms. The SMILES string of the molecule is Cc1ccc(C2(C(S[C@H]3C(=O)N[C@@H]3c3ccc(OCC(=O)O)cc3)c3ccc(F)cc3)OCC(C)(C)CO2)cc1. The van der Waals surface area contributed by atoms with E-state index < -0.39 is 28.9 Å². The highest BCUT2D eigenvalue weighted by atomic mass is 32.2. The highest BCUT2D eigenvalue weighted by Crippen LogP contribution is 2.55. The molecule has 2 aliphatic rings. The Balaban J connectivity index is 1.50. The van der Waals surface area contributed by atoms with Crippen LogP contribution in [-0.2, 0) is 24.8 Å². The Hall–Kier alpha value is -3.40. The smallest absolute Gasteiger partial charge is 0.341 e. The van der Waals surface area contributed by atoms with Crippen LogP contribution in [0.4, 0.5) is 4.39 Å². The first-order valence-electron chi connectivity index (χ1n) is 13.1. The average Bonchev–Trinajstić information content (AvgIpc) is 2.93. The zero-order valence-corrected chi connectivity index (χ0v) is 23.4. The fourth-order valence-corrected chi connectivity index (χ4v) is 6.43. The number of rotatable bonds is 9. The topological polar surface area (TPSA) is 94.1 Å². The number of thioether (sulfide) groups is 1. The number of ether oxygens (including phenoxy) is 3. The molecule has 0 spiro atoms. The maximum absolute atomic E-state index is 14.0. The summed E-state index contributed by atoms with van der Waals surface area (Å²) in [6, 6.07) is 20.9. The second kappa shape index (κ2) is 11.2. The van der Waals surface area contributed by atoms with Crippen molar-refractivity contribution in [1.82, 2.24) is 5.32 Å². The van der Waals surface area contributed by atoms with Gasteiger partial charge in [0, 0.05) is 11.0 Å². The van der Waals surface area contributed by atoms with E-state index in [1.807, 2.05) is 43.3 Å². The predicted octanol–water partition coefficient (Wildman–Crippen LogP) is 5.54. The van der Waals surface area contributed by atoms with Gasteiger partial charge in [0.15, 0.2) is 6.61 Å². The van der Waals surface area contributed by atoms with Crippen molar-refractivity contribution in [1.29, 1.82) is 0 Å². The van der Waals surface area contributed by atoms with E-state index in [0.717, 1.165) is 22.3 Å². The monoisotopic (exact) mass is 565 g/mol. The molecule has 2 fully saturated rings. The standard InChI is InChI=1S/C31H32FNO6S/c1-19-4-10-22(11-5-19)31(38-17-30(2,3)18-39-31)28(21-6-12-23(32)13-7-21)40-27-26(33-29(27)36)20-8-14-24(15-9-20)37-16-25(34)35/h4-15,26-28H,16-18H2,1-3H3,(H,33,36)(H,34,35)/t26-,27-,28?/m1/s1. The highest BCUT2D eigenvalue weighted by Gasteiger charge is 2.53. The lowest BCUT2D eigenvalue weighted by Crippen LogP contribution is -2.56. The average molecular weight is 566 g/mol. The summed E-state index contributed by atoms with van der Waals surface area (Å²) in [6.45, 7) is 6.61. The molecule has 1 unspecified atom stereocenters. The number of halogens is 1. The van der Waals surface area contributed by atoms with E-state index in [2.05, 4.69) is 19.2 Å². The molecule has 2 saturated heterocycles. The van der Waals surface area contributed by atoms with E-state index in [4.69, 9.17) is 19.3 Å². The molecule has 7 nitrogen and oxygen atoms in total. The predicted molar refractivity (Wildman–Crippen MR) is 150 cm³/mol. The van der Waals surface area contributed by atoms with Gasteiger partial charge in [-0.25, -0.2) is 9.18 Å². The molecule has 2 aliphatic heterocycles. The van der Waals surface area contributed by atoms with Gasteiger partial charge in [-0.15, -0.1) is 11.8 Å². The van der Waals surface area contributed by atoms with Crippen molar-refractivity contribution in [2.24, 2.45) is 5.41 Å². The Kier molecular flexibility index (Phi) is 7.90. The molecule has 3 aromatic carbocycles. The van der Waals surface area contributed by atoms with Crippen LogP contribution in [0.25, 0.3) is 0 Å². The number of aliphatic carboxylic acids is 1. The summed E-state index contributed by atoms with van der Waals surface area (Å²) in [5.41, 5.74) is 3.35. The third-order valence-corrected chi connectivity index (χ3v) is 8.70. The Labute approximate surface area is 237 Å². The fourth-order valence-electron chi connectivity index (χ4n) is 4.80. The van der Waals surface area contributed by atoms with Crippen molar-refractivity contribution in [3.05, 3.63) is 101 Å². The molecule has 0 radical (unpaired) electrons. The number of nitrogens with one attached hydrogen (secondary N) is 1. The number of hydrogen-bond acceptors (Lipinski definition) is 6. The number of aryl methyl sites for hydroxylation is 1. The van der Waals surface area contributed by atoms with E-state index in [-0.39, 0.29) is 23.2 Å². The first-order valence-corrected chi connectivity index (χ1v) is 14.0. The number of amides is 1. The summed E-state index contributed by atoms with van der Waals surface area (Å²) in [4.78, 5) is 23.8. The van der Waals surface area contributed by atoms with Gasteiger partial charge < -0.3 is 24.6 Å². The summed E-state index contributed by atoms with van der Waals surface area (Å²) in [5.74, 6) is -2.32. The van der Waals surface area contributed by atoms with Crippen molar-refractivity contribution in [2.75, 3.05) is 19.8 Å². The van der Waals surface area contributed by atoms with Crippen LogP contribution in [-0.4, -0.2) is 42.1 Å². The van der Waals surface area contributed by atoms with E-state index in [0.29, 0.717) is 19.0 Å². The molecule has 0 aromatic heterocycles. The zero-order chi connectivity index (χ0) is 28.5. The van der Waals surface area contributed by atoms with Crippen LogP contribution in [0.15, 0.2) is 72.8 Å². The zero-order valence-electron chi connectivity index (χ0n) is 22.6. The van der Waals surface area contributed by atoms with Crippen LogP contribution >= 0.6 is 11.8 Å². The number of β-lactam (4-membered cyclic amide) rings is 1. The highest BCUT2D eigenvalue weighted by molar-refractivity contribution is 8.01. The van der Waals surface area contributed by atoms with Gasteiger partial charge >= 0.3 is 5.97 Å². The van der Waals surface area contributed by atoms with Gasteiger partial charge in [0.05, 0.1) is 24.5 Å². The normalized spacial score (nSPS) is 22.1. The van der Waals surface area contributed by atoms with Crippen molar-refractivity contribution >= 4 is 23.6 Å². The van der Waals surface area contributed by atoms with Crippen LogP contribution in [0.1, 0.15) is 47.4 Å². The Bertz CT molecular complexity index is 1350. The quantitative estimate of drug-likeness (QED) is 0.329. The van der Waals surface area contributed by atoms with E-state index in [9.17, 15) is 14.0 Å². The summed E-state index contributed by atoms with van der Waals surface area (Å²) < 4.78 is 32.5. The van der Waals surface area contributed by atoms with E-state index >= 15 is 0 Å². The van der Waals surface area contributed by atoms with Gasteiger partial charge in [-0.2, -0.15) is 0 Å². The lowest BCUT2D eigenvalue weighted by Gasteiger charge is -2.49. The second-order valence-corrected chi connectivity index (χ2v) is 12.3. The third-order valence-electron chi connectivity index (χ3n) is 7.07. The van der Waals surface area contributed by atoms with Crippen molar-refractivity contribution in [3.8, 4) is 5.75 Å². The lowest BCUT2D eigenvalue weighted by atomic mass is 9.90. The largest absolute Gasteiger partial charge is 0.482 e. The maximum atomic E-state index is 14.0. The van der Waals surface area contributed by atoms with Gasteiger partial charge in [0.1, 0.15) is 16.8 Å². The Morgan fingerprint density at radius 2 is 1.68 bits per heavy atom. The summed E-state index contributed by atoms with van der Waals surface area (Å²) in [5, 5.41) is 10.9. The number of carbonyl (C=O) groups excluding carboxylic acids is 1. The molecule has 2 heterocycles. The molecule has 0 saturated carbocycles. The molecular weight excluding hydrogens is 533 g/mol. The first-order chi connectivity index (χ1) is 19.1. The van der Waals surface area contributed by atoms with Crippen LogP contribution < -0.4 is 10.1 Å². The molecule has 40 heavy (non-hydrogen) atoms. The fraction of sp³-hybridized carbons (Fsp3) is 0.355. The number of hydrogen-bond donors (Lipinski definition) is 2. The van der Waals surface area contributed by atoms with Gasteiger partial charge in [-0.3, -0.25) is 4.79 Å². The summed E-state index contributed by atoms with van der Waals surface area (Å²) >= 11 is 1.43. The van der Waals surface area contributed by atoms with Crippen LogP contribution in [0.2, 0.25) is 0 Å². The van der Waals surface area contributed by atoms with Crippen LogP contribution in [0, 0.1) is 18.2 Å². The minimum absolute atomic E-state index is 0.122. The van der Waals surface area contributed by atoms with Crippen molar-refractivity contribution in [2.45, 2.75) is 43.1 Å². The second-order valence-electron chi connectivity index (χ2n) is 11.0. The van der Waals surface area contributed by atoms with E-state index in [1.54, 1.807) is 24.3 Å². The number of carbonyl (C=O) groups is 2. The molecule has 3 atom stereocenters. The molecule has 0 bridgehead atoms. The van der Waals surface area contributed by atoms with Crippen LogP contribution in [0.3, 0.4) is 0 Å². The summed E-state index contributed by atoms with van der Waals surface area (Å²) in [7, 11) is 0. The first kappa shape index (κ1) is 28.1. The van der Waals surface area contributed by atoms with Gasteiger partial charge in [0.25, 0.3) is 0 Å². The van der Waals surface area contributed by atoms with Gasteiger partial charge in [-0.05, 0) is 42.3 Å². The Morgan fingerprint density at radius 1 is 1.05 bits per heavy atom. The number of benzene rings is 3. The van der Waals surface area contributed by atoms with Crippen molar-refractivity contribution < 1.29 is 33.3 Å². The van der Waals surface area contributed by atoms with Gasteiger partial charge in [-0.1, -0.05) is 67.9 Å².